The second-order valence-electron chi connectivity index (χ2n) is 3.86. The maximum absolute atomic E-state index is 11.8. The van der Waals surface area contributed by atoms with E-state index >= 15 is 0 Å². The van der Waals surface area contributed by atoms with Gasteiger partial charge in [-0.15, -0.1) is 13.2 Å². The van der Waals surface area contributed by atoms with E-state index in [1.807, 2.05) is 0 Å². The first-order chi connectivity index (χ1) is 7.24. The first-order valence-corrected chi connectivity index (χ1v) is 5.40. The lowest BCUT2D eigenvalue weighted by molar-refractivity contribution is -0.137. The van der Waals surface area contributed by atoms with Crippen molar-refractivity contribution >= 4 is 5.91 Å². The number of carbonyl (C=O) groups is 1. The van der Waals surface area contributed by atoms with E-state index in [0.29, 0.717) is 6.42 Å². The third-order valence-electron chi connectivity index (χ3n) is 2.88. The average Bonchev–Trinajstić information content (AvgIpc) is 2.28. The van der Waals surface area contributed by atoms with Gasteiger partial charge in [0, 0.05) is 6.42 Å². The van der Waals surface area contributed by atoms with Gasteiger partial charge in [0.15, 0.2) is 0 Å². The van der Waals surface area contributed by atoms with Crippen LogP contribution in [0.1, 0.15) is 25.7 Å². The first kappa shape index (κ1) is 12.0. The monoisotopic (exact) mass is 209 g/mol. The second kappa shape index (κ2) is 5.71. The molecular formula is C12H19NO2. The Kier molecular flexibility index (Phi) is 4.56. The molecule has 1 N–H and O–H groups in total. The minimum absolute atomic E-state index is 0.0349. The molecule has 0 aliphatic carbocycles. The van der Waals surface area contributed by atoms with Crippen molar-refractivity contribution in [3.05, 3.63) is 25.3 Å². The van der Waals surface area contributed by atoms with Gasteiger partial charge >= 0.3 is 0 Å². The van der Waals surface area contributed by atoms with E-state index in [4.69, 9.17) is 0 Å². The Bertz CT molecular complexity index is 250. The highest BCUT2D eigenvalue weighted by molar-refractivity contribution is 5.78. The van der Waals surface area contributed by atoms with E-state index in [2.05, 4.69) is 13.2 Å². The van der Waals surface area contributed by atoms with Gasteiger partial charge < -0.3 is 10.0 Å². The maximum atomic E-state index is 11.8. The van der Waals surface area contributed by atoms with Crippen molar-refractivity contribution in [1.29, 1.82) is 0 Å². The summed E-state index contributed by atoms with van der Waals surface area (Å²) < 4.78 is 0. The van der Waals surface area contributed by atoms with E-state index in [0.717, 1.165) is 19.3 Å². The number of carbonyl (C=O) groups excluding carboxylic acids is 1. The van der Waals surface area contributed by atoms with Crippen molar-refractivity contribution in [3.8, 4) is 0 Å². The highest BCUT2D eigenvalue weighted by atomic mass is 16.3. The number of hydrogen-bond acceptors (Lipinski definition) is 2. The van der Waals surface area contributed by atoms with Crippen molar-refractivity contribution in [3.63, 3.8) is 0 Å². The molecule has 0 aromatic carbocycles. The van der Waals surface area contributed by atoms with Crippen molar-refractivity contribution in [2.75, 3.05) is 6.61 Å². The van der Waals surface area contributed by atoms with Crippen LogP contribution in [0.2, 0.25) is 0 Å². The van der Waals surface area contributed by atoms with Crippen LogP contribution in [0.15, 0.2) is 25.3 Å². The smallest absolute Gasteiger partial charge is 0.227 e. The predicted molar refractivity (Wildman–Crippen MR) is 60.4 cm³/mol. The summed E-state index contributed by atoms with van der Waals surface area (Å²) in [5, 5.41) is 9.24. The van der Waals surface area contributed by atoms with Crippen LogP contribution in [0, 0.1) is 0 Å². The zero-order valence-corrected chi connectivity index (χ0v) is 9.06. The van der Waals surface area contributed by atoms with Gasteiger partial charge in [0.05, 0.1) is 18.7 Å². The van der Waals surface area contributed by atoms with Gasteiger partial charge in [-0.3, -0.25) is 4.79 Å². The highest BCUT2D eigenvalue weighted by Gasteiger charge is 2.31. The normalized spacial score (nSPS) is 26.1. The number of piperidine rings is 1. The summed E-state index contributed by atoms with van der Waals surface area (Å²) in [7, 11) is 0. The zero-order chi connectivity index (χ0) is 11.3. The molecule has 1 saturated heterocycles. The van der Waals surface area contributed by atoms with Crippen LogP contribution in [0.3, 0.4) is 0 Å². The van der Waals surface area contributed by atoms with Crippen LogP contribution in [0.4, 0.5) is 0 Å². The Morgan fingerprint density at radius 1 is 1.47 bits per heavy atom. The number of aliphatic hydroxyl groups is 1. The molecule has 0 radical (unpaired) electrons. The van der Waals surface area contributed by atoms with Crippen LogP contribution in [-0.2, 0) is 4.79 Å². The Hall–Kier alpha value is -1.09. The van der Waals surface area contributed by atoms with E-state index < -0.39 is 0 Å². The molecule has 1 rings (SSSR count). The van der Waals surface area contributed by atoms with Crippen molar-refractivity contribution < 1.29 is 9.90 Å². The topological polar surface area (TPSA) is 40.5 Å². The molecule has 3 heteroatoms. The number of hydrogen-bond donors (Lipinski definition) is 1. The molecule has 1 aliphatic rings. The van der Waals surface area contributed by atoms with Gasteiger partial charge in [-0.1, -0.05) is 12.2 Å². The molecule has 3 nitrogen and oxygen atoms in total. The van der Waals surface area contributed by atoms with Crippen LogP contribution in [0.5, 0.6) is 0 Å². The van der Waals surface area contributed by atoms with Crippen LogP contribution in [-0.4, -0.2) is 34.6 Å². The summed E-state index contributed by atoms with van der Waals surface area (Å²) in [6, 6.07) is 0.0255. The van der Waals surface area contributed by atoms with Gasteiger partial charge in [-0.25, -0.2) is 0 Å². The number of amides is 1. The van der Waals surface area contributed by atoms with Crippen LogP contribution in [0.25, 0.3) is 0 Å². The molecule has 0 bridgehead atoms. The number of likely N-dealkylation sites (tertiary alicyclic amines) is 1. The van der Waals surface area contributed by atoms with Gasteiger partial charge in [0.25, 0.3) is 0 Å². The van der Waals surface area contributed by atoms with E-state index in [1.54, 1.807) is 17.1 Å². The molecule has 15 heavy (non-hydrogen) atoms. The number of nitrogens with zero attached hydrogens (tertiary/aromatic N) is 1. The number of rotatable bonds is 4. The molecule has 1 heterocycles. The fourth-order valence-corrected chi connectivity index (χ4v) is 2.14. The van der Waals surface area contributed by atoms with Gasteiger partial charge in [-0.05, 0) is 19.3 Å². The van der Waals surface area contributed by atoms with Crippen molar-refractivity contribution in [1.82, 2.24) is 4.90 Å². The van der Waals surface area contributed by atoms with Crippen molar-refractivity contribution in [2.24, 2.45) is 0 Å². The zero-order valence-electron chi connectivity index (χ0n) is 9.06. The van der Waals surface area contributed by atoms with Gasteiger partial charge in [0.1, 0.15) is 0 Å². The predicted octanol–water partition coefficient (Wildman–Crippen LogP) is 1.49. The molecular weight excluding hydrogens is 190 g/mol. The Morgan fingerprint density at radius 3 is 2.73 bits per heavy atom. The standard InChI is InChI=1S/C12H19NO2/c1-3-6-12(15)13-10(4-2)7-5-8-11(13)9-14/h3-4,10-11,14H,1-2,5-9H2/t10-,11-/m0/s1. The molecule has 2 atom stereocenters. The van der Waals surface area contributed by atoms with Crippen molar-refractivity contribution in [2.45, 2.75) is 37.8 Å². The van der Waals surface area contributed by atoms with E-state index in [-0.39, 0.29) is 24.6 Å². The largest absolute Gasteiger partial charge is 0.394 e. The molecule has 0 unspecified atom stereocenters. The van der Waals surface area contributed by atoms with Gasteiger partial charge in [0.2, 0.25) is 5.91 Å². The minimum atomic E-state index is -0.0470. The molecule has 0 aromatic rings. The summed E-state index contributed by atoms with van der Waals surface area (Å²) in [5.41, 5.74) is 0. The first-order valence-electron chi connectivity index (χ1n) is 5.40. The van der Waals surface area contributed by atoms with Crippen LogP contribution >= 0.6 is 0 Å². The van der Waals surface area contributed by atoms with Crippen LogP contribution < -0.4 is 0 Å². The Morgan fingerprint density at radius 2 is 2.20 bits per heavy atom. The molecule has 84 valence electrons. The second-order valence-corrected chi connectivity index (χ2v) is 3.86. The molecule has 1 aliphatic heterocycles. The molecule has 0 spiro atoms. The summed E-state index contributed by atoms with van der Waals surface area (Å²) in [6.07, 6.45) is 6.60. The minimum Gasteiger partial charge on any atom is -0.394 e. The third kappa shape index (κ3) is 2.69. The lowest BCUT2D eigenvalue weighted by Gasteiger charge is -2.40. The molecule has 0 saturated carbocycles. The Labute approximate surface area is 91.1 Å². The summed E-state index contributed by atoms with van der Waals surface area (Å²) in [5.74, 6) is 0.0358. The molecule has 1 fully saturated rings. The summed E-state index contributed by atoms with van der Waals surface area (Å²) in [4.78, 5) is 13.6. The third-order valence-corrected chi connectivity index (χ3v) is 2.88. The van der Waals surface area contributed by atoms with Gasteiger partial charge in [-0.2, -0.15) is 0 Å². The highest BCUT2D eigenvalue weighted by Crippen LogP contribution is 2.24. The average molecular weight is 209 g/mol. The van der Waals surface area contributed by atoms with E-state index in [9.17, 15) is 9.90 Å². The lowest BCUT2D eigenvalue weighted by atomic mass is 9.95. The fraction of sp³-hybridized carbons (Fsp3) is 0.583. The Balaban J connectivity index is 2.77. The molecule has 1 amide bonds. The maximum Gasteiger partial charge on any atom is 0.227 e. The fourth-order valence-electron chi connectivity index (χ4n) is 2.14. The molecule has 0 aromatic heterocycles. The number of aliphatic hydroxyl groups excluding tert-OH is 1. The quantitative estimate of drug-likeness (QED) is 0.713. The SMILES string of the molecule is C=CCC(=O)N1[C@H](CO)CCC[C@@H]1C=C. The van der Waals surface area contributed by atoms with E-state index in [1.165, 1.54) is 0 Å². The summed E-state index contributed by atoms with van der Waals surface area (Å²) >= 11 is 0. The lowest BCUT2D eigenvalue weighted by Crippen LogP contribution is -2.50. The summed E-state index contributed by atoms with van der Waals surface area (Å²) in [6.45, 7) is 7.34.